The van der Waals surface area contributed by atoms with Crippen LogP contribution in [0.15, 0.2) is 128 Å². The van der Waals surface area contributed by atoms with Gasteiger partial charge in [-0.1, -0.05) is 84.3 Å². The topological polar surface area (TPSA) is 8.81 Å². The molecule has 0 saturated carbocycles. The van der Waals surface area contributed by atoms with Crippen molar-refractivity contribution in [2.75, 3.05) is 0 Å². The number of hydrogen-bond donors (Lipinski definition) is 0. The minimum Gasteiger partial charge on any atom is -0.233 e. The van der Waals surface area contributed by atoms with Crippen LogP contribution in [0.3, 0.4) is 0 Å². The summed E-state index contributed by atoms with van der Waals surface area (Å²) in [5.74, 6) is 12.9. The van der Waals surface area contributed by atoms with Gasteiger partial charge in [0.2, 0.25) is 6.33 Å². The molecule has 35 heavy (non-hydrogen) atoms. The second kappa shape index (κ2) is 10.9. The normalized spacial score (nSPS) is 10.1. The zero-order chi connectivity index (χ0) is 23.7. The highest BCUT2D eigenvalue weighted by Gasteiger charge is 2.06. The van der Waals surface area contributed by atoms with Crippen LogP contribution in [0.2, 0.25) is 0 Å². The Morgan fingerprint density at radius 2 is 0.971 bits per heavy atom. The maximum atomic E-state index is 3.23. The van der Waals surface area contributed by atoms with E-state index in [0.29, 0.717) is 0 Å². The minimum absolute atomic E-state index is 0.827. The van der Waals surface area contributed by atoms with Gasteiger partial charge < -0.3 is 0 Å². The van der Waals surface area contributed by atoms with Crippen molar-refractivity contribution < 1.29 is 4.57 Å². The summed E-state index contributed by atoms with van der Waals surface area (Å²) < 4.78 is 4.40. The fraction of sp³-hybridized carbons (Fsp3) is 0.0606. The first kappa shape index (κ1) is 22.0. The van der Waals surface area contributed by atoms with E-state index in [1.54, 1.807) is 0 Å². The zero-order valence-corrected chi connectivity index (χ0v) is 19.4. The summed E-state index contributed by atoms with van der Waals surface area (Å²) in [5, 5.41) is 0. The smallest absolute Gasteiger partial charge is 0.233 e. The second-order valence-corrected chi connectivity index (χ2v) is 8.38. The van der Waals surface area contributed by atoms with E-state index in [2.05, 4.69) is 100 Å². The Hall–Kier alpha value is -4.79. The lowest BCUT2D eigenvalue weighted by Crippen LogP contribution is -2.31. The summed E-state index contributed by atoms with van der Waals surface area (Å²) in [6, 6.07) is 37.1. The van der Waals surface area contributed by atoms with Crippen LogP contribution in [0.5, 0.6) is 0 Å². The zero-order valence-electron chi connectivity index (χ0n) is 19.4. The van der Waals surface area contributed by atoms with Crippen molar-refractivity contribution in [1.82, 2.24) is 4.57 Å². The number of hydrogen-bond acceptors (Lipinski definition) is 0. The number of rotatable bonds is 4. The van der Waals surface area contributed by atoms with Gasteiger partial charge in [-0.2, -0.15) is 0 Å². The number of imidazole rings is 1. The van der Waals surface area contributed by atoms with Crippen LogP contribution in [0.4, 0.5) is 0 Å². The van der Waals surface area contributed by atoms with Gasteiger partial charge in [0, 0.05) is 22.3 Å². The molecule has 166 valence electrons. The summed E-state index contributed by atoms with van der Waals surface area (Å²) in [6.07, 6.45) is 6.37. The van der Waals surface area contributed by atoms with Gasteiger partial charge in [-0.3, -0.25) is 0 Å². The Kier molecular flexibility index (Phi) is 6.85. The molecule has 0 N–H and O–H groups in total. The van der Waals surface area contributed by atoms with E-state index < -0.39 is 0 Å². The monoisotopic (exact) mass is 449 g/mol. The van der Waals surface area contributed by atoms with Crippen molar-refractivity contribution in [3.8, 4) is 23.7 Å². The van der Waals surface area contributed by atoms with Crippen molar-refractivity contribution in [2.45, 2.75) is 13.1 Å². The molecule has 0 radical (unpaired) electrons. The Bertz CT molecular complexity index is 1390. The van der Waals surface area contributed by atoms with Gasteiger partial charge in [-0.05, 0) is 59.7 Å². The Morgan fingerprint density at radius 3 is 1.49 bits per heavy atom. The third-order valence-corrected chi connectivity index (χ3v) is 5.63. The van der Waals surface area contributed by atoms with Gasteiger partial charge in [0.25, 0.3) is 0 Å². The highest BCUT2D eigenvalue weighted by molar-refractivity contribution is 5.44. The van der Waals surface area contributed by atoms with Crippen molar-refractivity contribution >= 4 is 0 Å². The molecule has 0 aliphatic rings. The van der Waals surface area contributed by atoms with Gasteiger partial charge in [0.05, 0.1) is 0 Å². The van der Waals surface area contributed by atoms with E-state index in [4.69, 9.17) is 0 Å². The van der Waals surface area contributed by atoms with Crippen molar-refractivity contribution in [1.29, 1.82) is 0 Å². The maximum absolute atomic E-state index is 3.23. The lowest BCUT2D eigenvalue weighted by atomic mass is 10.1. The summed E-state index contributed by atoms with van der Waals surface area (Å²) in [4.78, 5) is 0. The highest BCUT2D eigenvalue weighted by Crippen LogP contribution is 2.07. The molecule has 0 unspecified atom stereocenters. The Morgan fingerprint density at radius 1 is 0.514 bits per heavy atom. The quantitative estimate of drug-likeness (QED) is 0.247. The van der Waals surface area contributed by atoms with E-state index in [-0.39, 0.29) is 0 Å². The molecule has 0 amide bonds. The number of nitrogens with zero attached hydrogens (tertiary/aromatic N) is 2. The fourth-order valence-corrected chi connectivity index (χ4v) is 3.77. The second-order valence-electron chi connectivity index (χ2n) is 8.38. The predicted molar refractivity (Wildman–Crippen MR) is 141 cm³/mol. The van der Waals surface area contributed by atoms with Crippen molar-refractivity contribution in [2.24, 2.45) is 0 Å². The number of benzene rings is 4. The molecule has 5 rings (SSSR count). The van der Waals surface area contributed by atoms with E-state index in [1.807, 2.05) is 60.7 Å². The molecule has 2 nitrogen and oxygen atoms in total. The molecule has 5 aromatic rings. The molecule has 1 heterocycles. The molecule has 4 aromatic carbocycles. The van der Waals surface area contributed by atoms with Crippen molar-refractivity contribution in [3.05, 3.63) is 161 Å². The van der Waals surface area contributed by atoms with Crippen LogP contribution >= 0.6 is 0 Å². The average molecular weight is 450 g/mol. The summed E-state index contributed by atoms with van der Waals surface area (Å²) in [6.45, 7) is 1.65. The van der Waals surface area contributed by atoms with Crippen LogP contribution in [-0.2, 0) is 13.1 Å². The van der Waals surface area contributed by atoms with E-state index in [1.165, 1.54) is 11.1 Å². The molecule has 0 fully saturated rings. The van der Waals surface area contributed by atoms with Gasteiger partial charge in [-0.25, -0.2) is 9.13 Å². The standard InChI is InChI=1S/C33H25N2/c1-3-7-28(8-4-1)11-13-30-15-19-32(20-16-30)25-34-23-24-35(27-34)26-33-21-17-31(18-22-33)14-12-29-9-5-2-6-10-29/h1-10,15-24,27H,25-26H2/q+1. The molecule has 0 spiro atoms. The fourth-order valence-electron chi connectivity index (χ4n) is 3.77. The first-order valence-electron chi connectivity index (χ1n) is 11.7. The molecule has 2 heteroatoms. The van der Waals surface area contributed by atoms with Crippen LogP contribution in [-0.4, -0.2) is 4.57 Å². The lowest BCUT2D eigenvalue weighted by Gasteiger charge is -2.00. The van der Waals surface area contributed by atoms with E-state index >= 15 is 0 Å². The Balaban J connectivity index is 1.17. The van der Waals surface area contributed by atoms with Gasteiger partial charge in [0.15, 0.2) is 0 Å². The molecule has 0 bridgehead atoms. The van der Waals surface area contributed by atoms with Crippen LogP contribution in [0, 0.1) is 23.7 Å². The molecular weight excluding hydrogens is 424 g/mol. The van der Waals surface area contributed by atoms with Crippen LogP contribution < -0.4 is 4.57 Å². The first-order chi connectivity index (χ1) is 17.3. The van der Waals surface area contributed by atoms with E-state index in [0.717, 1.165) is 35.3 Å². The molecule has 0 aliphatic heterocycles. The third-order valence-electron chi connectivity index (χ3n) is 5.63. The van der Waals surface area contributed by atoms with Gasteiger partial charge in [0.1, 0.15) is 25.5 Å². The summed E-state index contributed by atoms with van der Waals surface area (Å²) >= 11 is 0. The SMILES string of the molecule is C(#Cc1ccc(Cn2cc[n+](Cc3ccc(C#Cc4ccccc4)cc3)c2)cc1)c1ccccc1. The molecule has 0 atom stereocenters. The Labute approximate surface area is 207 Å². The average Bonchev–Trinajstić information content (AvgIpc) is 3.35. The molecular formula is C33H25N2+. The highest BCUT2D eigenvalue weighted by atomic mass is 15.1. The van der Waals surface area contributed by atoms with E-state index in [9.17, 15) is 0 Å². The van der Waals surface area contributed by atoms with Gasteiger partial charge in [-0.15, -0.1) is 0 Å². The maximum Gasteiger partial charge on any atom is 0.244 e. The first-order valence-corrected chi connectivity index (χ1v) is 11.7. The third kappa shape index (κ3) is 6.38. The molecule has 0 saturated heterocycles. The number of aromatic nitrogens is 2. The summed E-state index contributed by atoms with van der Waals surface area (Å²) in [7, 11) is 0. The van der Waals surface area contributed by atoms with Crippen LogP contribution in [0.1, 0.15) is 33.4 Å². The molecule has 0 aliphatic carbocycles. The molecule has 1 aromatic heterocycles. The van der Waals surface area contributed by atoms with Gasteiger partial charge >= 0.3 is 0 Å². The van der Waals surface area contributed by atoms with Crippen LogP contribution in [0.25, 0.3) is 0 Å². The largest absolute Gasteiger partial charge is 0.244 e. The summed E-state index contributed by atoms with van der Waals surface area (Å²) in [5.41, 5.74) is 6.61. The predicted octanol–water partition coefficient (Wildman–Crippen LogP) is 5.67. The lowest BCUT2D eigenvalue weighted by molar-refractivity contribution is -0.687. The minimum atomic E-state index is 0.827. The van der Waals surface area contributed by atoms with Crippen molar-refractivity contribution in [3.63, 3.8) is 0 Å².